The summed E-state index contributed by atoms with van der Waals surface area (Å²) in [7, 11) is 0. The van der Waals surface area contributed by atoms with Gasteiger partial charge in [0.2, 0.25) is 0 Å². The molecule has 0 saturated heterocycles. The van der Waals surface area contributed by atoms with Crippen LogP contribution in [0.1, 0.15) is 13.3 Å². The maximum atomic E-state index is 5.53. The van der Waals surface area contributed by atoms with Crippen LogP contribution in [0.15, 0.2) is 9.98 Å². The molecule has 0 saturated carbocycles. The average molecular weight is 125 g/mol. The maximum Gasteiger partial charge on any atom is 0.129 e. The van der Waals surface area contributed by atoms with E-state index in [-0.39, 0.29) is 6.04 Å². The van der Waals surface area contributed by atoms with Crippen LogP contribution in [-0.4, -0.2) is 24.6 Å². The van der Waals surface area contributed by atoms with E-state index < -0.39 is 0 Å². The number of nitrogens with two attached hydrogens (primary N) is 1. The molecule has 1 aliphatic heterocycles. The molecule has 0 amide bonds. The molecule has 0 aromatic carbocycles. The van der Waals surface area contributed by atoms with Crippen LogP contribution in [0.2, 0.25) is 0 Å². The first kappa shape index (κ1) is 6.42. The molecule has 0 unspecified atom stereocenters. The Labute approximate surface area is 54.7 Å². The Morgan fingerprint density at radius 2 is 2.67 bits per heavy atom. The van der Waals surface area contributed by atoms with Gasteiger partial charge in [0, 0.05) is 18.7 Å². The highest BCUT2D eigenvalue weighted by Gasteiger charge is 2.02. The van der Waals surface area contributed by atoms with Crippen molar-refractivity contribution in [3.8, 4) is 0 Å². The number of hydrogen-bond acceptors (Lipinski definition) is 3. The predicted octanol–water partition coefficient (Wildman–Crippen LogP) is 0.207. The Morgan fingerprint density at radius 1 is 1.89 bits per heavy atom. The summed E-state index contributed by atoms with van der Waals surface area (Å²) >= 11 is 0. The van der Waals surface area contributed by atoms with Crippen LogP contribution in [-0.2, 0) is 0 Å². The molecule has 0 aliphatic carbocycles. The summed E-state index contributed by atoms with van der Waals surface area (Å²) in [6.07, 6.45) is 2.65. The fraction of sp³-hybridized carbons (Fsp3) is 0.667. The minimum atomic E-state index is 0.202. The molecule has 3 nitrogen and oxygen atoms in total. The van der Waals surface area contributed by atoms with Crippen molar-refractivity contribution in [1.82, 2.24) is 0 Å². The van der Waals surface area contributed by atoms with E-state index in [2.05, 4.69) is 9.98 Å². The van der Waals surface area contributed by atoms with E-state index >= 15 is 0 Å². The standard InChI is InChI=1S/C6H11N3/c1-5(7)2-6-3-8-4-9-6/h3,5H,2,4,7H2,1H3/t5-/m1/s1. The lowest BCUT2D eigenvalue weighted by Crippen LogP contribution is -2.19. The summed E-state index contributed by atoms with van der Waals surface area (Å²) in [6.45, 7) is 2.57. The third-order valence-corrected chi connectivity index (χ3v) is 1.13. The summed E-state index contributed by atoms with van der Waals surface area (Å²) in [6, 6.07) is 0.202. The summed E-state index contributed by atoms with van der Waals surface area (Å²) in [5, 5.41) is 0. The molecule has 1 aliphatic rings. The summed E-state index contributed by atoms with van der Waals surface area (Å²) in [4.78, 5) is 8.02. The van der Waals surface area contributed by atoms with Crippen LogP contribution in [0.5, 0.6) is 0 Å². The fourth-order valence-corrected chi connectivity index (χ4v) is 0.766. The molecule has 50 valence electrons. The van der Waals surface area contributed by atoms with Gasteiger partial charge in [0.05, 0.1) is 5.71 Å². The van der Waals surface area contributed by atoms with Crippen LogP contribution < -0.4 is 5.73 Å². The monoisotopic (exact) mass is 125 g/mol. The van der Waals surface area contributed by atoms with Gasteiger partial charge in [0.15, 0.2) is 0 Å². The highest BCUT2D eigenvalue weighted by molar-refractivity contribution is 6.31. The highest BCUT2D eigenvalue weighted by atomic mass is 15.0. The number of hydrogen-bond donors (Lipinski definition) is 1. The molecular weight excluding hydrogens is 114 g/mol. The third kappa shape index (κ3) is 1.93. The Hall–Kier alpha value is -0.700. The largest absolute Gasteiger partial charge is 0.328 e. The second kappa shape index (κ2) is 2.73. The third-order valence-electron chi connectivity index (χ3n) is 1.13. The number of rotatable bonds is 2. The molecule has 0 bridgehead atoms. The molecule has 0 spiro atoms. The minimum Gasteiger partial charge on any atom is -0.328 e. The highest BCUT2D eigenvalue weighted by Crippen LogP contribution is 1.94. The smallest absolute Gasteiger partial charge is 0.129 e. The van der Waals surface area contributed by atoms with Gasteiger partial charge < -0.3 is 5.73 Å². The van der Waals surface area contributed by atoms with Crippen molar-refractivity contribution in [3.05, 3.63) is 0 Å². The normalized spacial score (nSPS) is 20.0. The van der Waals surface area contributed by atoms with Crippen molar-refractivity contribution < 1.29 is 0 Å². The minimum absolute atomic E-state index is 0.202. The van der Waals surface area contributed by atoms with E-state index in [0.717, 1.165) is 12.1 Å². The maximum absolute atomic E-state index is 5.53. The molecule has 1 rings (SSSR count). The van der Waals surface area contributed by atoms with Gasteiger partial charge in [0.1, 0.15) is 6.67 Å². The van der Waals surface area contributed by atoms with Crippen molar-refractivity contribution in [3.63, 3.8) is 0 Å². The predicted molar refractivity (Wildman–Crippen MR) is 39.1 cm³/mol. The Kier molecular flexibility index (Phi) is 1.95. The molecular formula is C6H11N3. The first-order chi connectivity index (χ1) is 4.29. The first-order valence-corrected chi connectivity index (χ1v) is 3.08. The molecule has 3 heteroatoms. The molecule has 0 aromatic heterocycles. The van der Waals surface area contributed by atoms with Crippen molar-refractivity contribution in [2.45, 2.75) is 19.4 Å². The van der Waals surface area contributed by atoms with Crippen molar-refractivity contribution in [2.24, 2.45) is 15.7 Å². The Balaban J connectivity index is 2.35. The van der Waals surface area contributed by atoms with Gasteiger partial charge in [-0.1, -0.05) is 0 Å². The van der Waals surface area contributed by atoms with E-state index in [4.69, 9.17) is 5.73 Å². The molecule has 0 fully saturated rings. The van der Waals surface area contributed by atoms with E-state index in [0.29, 0.717) is 6.67 Å². The lowest BCUT2D eigenvalue weighted by molar-refractivity contribution is 0.782. The zero-order chi connectivity index (χ0) is 6.69. The SMILES string of the molecule is C[C@@H](N)CC1=NCN=C1. The zero-order valence-electron chi connectivity index (χ0n) is 5.54. The topological polar surface area (TPSA) is 50.7 Å². The van der Waals surface area contributed by atoms with Gasteiger partial charge >= 0.3 is 0 Å². The molecule has 1 atom stereocenters. The van der Waals surface area contributed by atoms with Gasteiger partial charge in [0.25, 0.3) is 0 Å². The van der Waals surface area contributed by atoms with E-state index in [1.165, 1.54) is 0 Å². The van der Waals surface area contributed by atoms with Gasteiger partial charge in [-0.05, 0) is 6.92 Å². The molecule has 0 radical (unpaired) electrons. The zero-order valence-corrected chi connectivity index (χ0v) is 5.54. The van der Waals surface area contributed by atoms with E-state index in [1.54, 1.807) is 6.21 Å². The van der Waals surface area contributed by atoms with Crippen molar-refractivity contribution in [1.29, 1.82) is 0 Å². The van der Waals surface area contributed by atoms with Gasteiger partial charge in [-0.25, -0.2) is 0 Å². The van der Waals surface area contributed by atoms with Crippen LogP contribution in [0.25, 0.3) is 0 Å². The number of aliphatic imine (C=N–C) groups is 2. The van der Waals surface area contributed by atoms with E-state index in [9.17, 15) is 0 Å². The molecule has 1 heterocycles. The summed E-state index contributed by atoms with van der Waals surface area (Å²) < 4.78 is 0. The van der Waals surface area contributed by atoms with Gasteiger partial charge in [-0.3, -0.25) is 9.98 Å². The molecule has 0 aromatic rings. The van der Waals surface area contributed by atoms with Crippen molar-refractivity contribution in [2.75, 3.05) is 6.67 Å². The fourth-order valence-electron chi connectivity index (χ4n) is 0.766. The molecule has 2 N–H and O–H groups in total. The lowest BCUT2D eigenvalue weighted by atomic mass is 10.2. The van der Waals surface area contributed by atoms with E-state index in [1.807, 2.05) is 6.92 Å². The quantitative estimate of drug-likeness (QED) is 0.563. The average Bonchev–Trinajstić information content (AvgIpc) is 2.15. The van der Waals surface area contributed by atoms with Gasteiger partial charge in [-0.2, -0.15) is 0 Å². The van der Waals surface area contributed by atoms with Crippen LogP contribution >= 0.6 is 0 Å². The van der Waals surface area contributed by atoms with Crippen molar-refractivity contribution >= 4 is 11.9 Å². The first-order valence-electron chi connectivity index (χ1n) is 3.08. The summed E-state index contributed by atoms with van der Waals surface area (Å²) in [5.41, 5.74) is 6.56. The Morgan fingerprint density at radius 3 is 3.11 bits per heavy atom. The number of nitrogens with zero attached hydrogens (tertiary/aromatic N) is 2. The Bertz CT molecular complexity index is 146. The second-order valence-electron chi connectivity index (χ2n) is 2.28. The molecule has 9 heavy (non-hydrogen) atoms. The van der Waals surface area contributed by atoms with Gasteiger partial charge in [-0.15, -0.1) is 0 Å². The van der Waals surface area contributed by atoms with Crippen LogP contribution in [0, 0.1) is 0 Å². The van der Waals surface area contributed by atoms with Crippen LogP contribution in [0.4, 0.5) is 0 Å². The summed E-state index contributed by atoms with van der Waals surface area (Å²) in [5.74, 6) is 0. The second-order valence-corrected chi connectivity index (χ2v) is 2.28. The lowest BCUT2D eigenvalue weighted by Gasteiger charge is -1.99. The van der Waals surface area contributed by atoms with Crippen LogP contribution in [0.3, 0.4) is 0 Å².